The van der Waals surface area contributed by atoms with Gasteiger partial charge in [-0.1, -0.05) is 51.9 Å². The van der Waals surface area contributed by atoms with Crippen molar-refractivity contribution in [2.75, 3.05) is 21.3 Å². The second-order valence-electron chi connectivity index (χ2n) is 6.90. The second-order valence-corrected chi connectivity index (χ2v) is 10.6. The molecule has 1 heterocycles. The fraction of sp³-hybridized carbons (Fsp3) is 1.00. The zero-order valence-electron chi connectivity index (χ0n) is 14.5. The molecule has 1 aliphatic heterocycles. The molecule has 2 rings (SSSR count). The lowest BCUT2D eigenvalue weighted by Crippen LogP contribution is -2.69. The van der Waals surface area contributed by atoms with Crippen LogP contribution in [0.1, 0.15) is 64.7 Å². The van der Waals surface area contributed by atoms with Crippen molar-refractivity contribution in [2.45, 2.75) is 76.0 Å². The lowest BCUT2D eigenvalue weighted by Gasteiger charge is -2.55. The van der Waals surface area contributed by atoms with Crippen molar-refractivity contribution >= 4 is 8.56 Å². The van der Waals surface area contributed by atoms with E-state index in [0.717, 1.165) is 24.8 Å². The molecule has 2 fully saturated rings. The molecular formula is C17H34O3Si. The first-order chi connectivity index (χ1) is 10.2. The highest BCUT2D eigenvalue weighted by molar-refractivity contribution is 6.70. The number of hydrogen-bond acceptors (Lipinski definition) is 3. The van der Waals surface area contributed by atoms with Crippen LogP contribution < -0.4 is 0 Å². The monoisotopic (exact) mass is 314 g/mol. The summed E-state index contributed by atoms with van der Waals surface area (Å²) in [5, 5.41) is -0.147. The van der Waals surface area contributed by atoms with E-state index >= 15 is 0 Å². The van der Waals surface area contributed by atoms with Crippen LogP contribution in [0.4, 0.5) is 0 Å². The Morgan fingerprint density at radius 1 is 0.952 bits per heavy atom. The molecule has 2 atom stereocenters. The molecule has 0 N–H and O–H groups in total. The van der Waals surface area contributed by atoms with Gasteiger partial charge >= 0.3 is 8.56 Å². The Labute approximate surface area is 132 Å². The van der Waals surface area contributed by atoms with E-state index < -0.39 is 8.56 Å². The Kier molecular flexibility index (Phi) is 6.30. The van der Waals surface area contributed by atoms with Gasteiger partial charge in [-0.05, 0) is 30.7 Å². The number of methoxy groups -OCH3 is 1. The van der Waals surface area contributed by atoms with E-state index in [1.807, 2.05) is 21.3 Å². The molecule has 124 valence electrons. The maximum Gasteiger partial charge on any atom is 0.371 e. The van der Waals surface area contributed by atoms with Crippen LogP contribution in [0, 0.1) is 11.8 Å². The number of ether oxygens (including phenoxy) is 1. The topological polar surface area (TPSA) is 27.7 Å². The molecule has 0 amide bonds. The van der Waals surface area contributed by atoms with Gasteiger partial charge in [0.15, 0.2) is 0 Å². The van der Waals surface area contributed by atoms with Crippen molar-refractivity contribution < 1.29 is 13.6 Å². The maximum absolute atomic E-state index is 6.29. The molecule has 2 aliphatic rings. The fourth-order valence-corrected chi connectivity index (χ4v) is 9.47. The minimum atomic E-state index is -2.30. The first kappa shape index (κ1) is 17.5. The molecular weight excluding hydrogens is 280 g/mol. The lowest BCUT2D eigenvalue weighted by molar-refractivity contribution is -0.0766. The SMILES string of the molecule is CCCC1(OC)C(C2CCCCC2)CCC[Si]1(OC)OC. The van der Waals surface area contributed by atoms with Gasteiger partial charge in [-0.3, -0.25) is 0 Å². The van der Waals surface area contributed by atoms with E-state index in [0.29, 0.717) is 5.92 Å². The molecule has 0 aromatic rings. The largest absolute Gasteiger partial charge is 0.396 e. The van der Waals surface area contributed by atoms with Gasteiger partial charge in [-0.2, -0.15) is 0 Å². The summed E-state index contributed by atoms with van der Waals surface area (Å²) in [6.07, 6.45) is 11.7. The highest BCUT2D eigenvalue weighted by atomic mass is 28.4. The quantitative estimate of drug-likeness (QED) is 0.679. The van der Waals surface area contributed by atoms with Gasteiger partial charge in [0, 0.05) is 21.3 Å². The third-order valence-corrected chi connectivity index (χ3v) is 10.6. The Morgan fingerprint density at radius 3 is 2.14 bits per heavy atom. The highest BCUT2D eigenvalue weighted by Crippen LogP contribution is 2.51. The second kappa shape index (κ2) is 7.58. The van der Waals surface area contributed by atoms with E-state index in [2.05, 4.69) is 6.92 Å². The Bertz CT molecular complexity index is 313. The minimum Gasteiger partial charge on any atom is -0.396 e. The molecule has 4 heteroatoms. The van der Waals surface area contributed by atoms with E-state index in [1.54, 1.807) is 0 Å². The van der Waals surface area contributed by atoms with Gasteiger partial charge in [-0.25, -0.2) is 0 Å². The zero-order valence-corrected chi connectivity index (χ0v) is 15.5. The van der Waals surface area contributed by atoms with Crippen molar-refractivity contribution in [3.05, 3.63) is 0 Å². The van der Waals surface area contributed by atoms with Crippen LogP contribution in [-0.4, -0.2) is 35.1 Å². The molecule has 2 unspecified atom stereocenters. The molecule has 1 saturated heterocycles. The molecule has 1 saturated carbocycles. The average Bonchev–Trinajstić information content (AvgIpc) is 2.56. The third kappa shape index (κ3) is 2.97. The highest BCUT2D eigenvalue weighted by Gasteiger charge is 2.63. The van der Waals surface area contributed by atoms with Crippen molar-refractivity contribution in [3.8, 4) is 0 Å². The van der Waals surface area contributed by atoms with Crippen LogP contribution in [0.15, 0.2) is 0 Å². The Hall–Kier alpha value is 0.0969. The van der Waals surface area contributed by atoms with Gasteiger partial charge in [-0.15, -0.1) is 0 Å². The van der Waals surface area contributed by atoms with Crippen LogP contribution in [0.25, 0.3) is 0 Å². The van der Waals surface area contributed by atoms with Crippen LogP contribution in [0.2, 0.25) is 6.04 Å². The van der Waals surface area contributed by atoms with Gasteiger partial charge < -0.3 is 13.6 Å². The number of rotatable bonds is 6. The summed E-state index contributed by atoms with van der Waals surface area (Å²) in [4.78, 5) is 0. The summed E-state index contributed by atoms with van der Waals surface area (Å²) in [6.45, 7) is 2.26. The first-order valence-corrected chi connectivity index (χ1v) is 10.9. The van der Waals surface area contributed by atoms with Crippen molar-refractivity contribution in [2.24, 2.45) is 11.8 Å². The normalized spacial score (nSPS) is 34.0. The third-order valence-electron chi connectivity index (χ3n) is 6.13. The standard InChI is InChI=1S/C17H34O3Si/c1-5-13-17(18-2)16(15-10-7-6-8-11-15)12-9-14-21(17,19-3)20-4/h15-16H,5-14H2,1-4H3. The summed E-state index contributed by atoms with van der Waals surface area (Å²) < 4.78 is 18.5. The maximum atomic E-state index is 6.29. The van der Waals surface area contributed by atoms with Crippen molar-refractivity contribution in [1.82, 2.24) is 0 Å². The minimum absolute atomic E-state index is 0.147. The summed E-state index contributed by atoms with van der Waals surface area (Å²) in [5.74, 6) is 1.44. The average molecular weight is 315 g/mol. The lowest BCUT2D eigenvalue weighted by atomic mass is 9.74. The molecule has 3 nitrogen and oxygen atoms in total. The van der Waals surface area contributed by atoms with Crippen LogP contribution in [0.5, 0.6) is 0 Å². The van der Waals surface area contributed by atoms with Gasteiger partial charge in [0.1, 0.15) is 5.22 Å². The number of hydrogen-bond donors (Lipinski definition) is 0. The summed E-state index contributed by atoms with van der Waals surface area (Å²) in [6, 6.07) is 1.08. The Balaban J connectivity index is 2.35. The molecule has 1 aliphatic carbocycles. The smallest absolute Gasteiger partial charge is 0.371 e. The fourth-order valence-electron chi connectivity index (χ4n) is 5.22. The molecule has 0 aromatic heterocycles. The summed E-state index contributed by atoms with van der Waals surface area (Å²) in [7, 11) is 3.30. The predicted octanol–water partition coefficient (Wildman–Crippen LogP) is 4.44. The zero-order chi connectivity index (χ0) is 15.3. The van der Waals surface area contributed by atoms with Gasteiger partial charge in [0.25, 0.3) is 0 Å². The first-order valence-electron chi connectivity index (χ1n) is 8.85. The molecule has 0 aromatic carbocycles. The van der Waals surface area contributed by atoms with E-state index in [9.17, 15) is 0 Å². The summed E-state index contributed by atoms with van der Waals surface area (Å²) in [5.41, 5.74) is 0. The van der Waals surface area contributed by atoms with Gasteiger partial charge in [0.2, 0.25) is 0 Å². The predicted molar refractivity (Wildman–Crippen MR) is 88.5 cm³/mol. The molecule has 0 radical (unpaired) electrons. The molecule has 0 spiro atoms. The van der Waals surface area contributed by atoms with Crippen molar-refractivity contribution in [3.63, 3.8) is 0 Å². The molecule has 21 heavy (non-hydrogen) atoms. The van der Waals surface area contributed by atoms with E-state index in [4.69, 9.17) is 13.6 Å². The van der Waals surface area contributed by atoms with Crippen molar-refractivity contribution in [1.29, 1.82) is 0 Å². The molecule has 0 bridgehead atoms. The summed E-state index contributed by atoms with van der Waals surface area (Å²) >= 11 is 0. The van der Waals surface area contributed by atoms with E-state index in [-0.39, 0.29) is 5.22 Å². The van der Waals surface area contributed by atoms with Crippen LogP contribution in [0.3, 0.4) is 0 Å². The Morgan fingerprint density at radius 2 is 1.62 bits per heavy atom. The van der Waals surface area contributed by atoms with Crippen LogP contribution in [-0.2, 0) is 13.6 Å². The van der Waals surface area contributed by atoms with Gasteiger partial charge in [0.05, 0.1) is 0 Å². The van der Waals surface area contributed by atoms with E-state index in [1.165, 1.54) is 44.9 Å². The van der Waals surface area contributed by atoms with Crippen LogP contribution >= 0.6 is 0 Å².